The highest BCUT2D eigenvalue weighted by Crippen LogP contribution is 2.28. The molecule has 1 saturated heterocycles. The first kappa shape index (κ1) is 21.6. The summed E-state index contributed by atoms with van der Waals surface area (Å²) in [5.41, 5.74) is 2.83. The summed E-state index contributed by atoms with van der Waals surface area (Å²) in [6.07, 6.45) is 12.2. The van der Waals surface area contributed by atoms with Crippen LogP contribution < -0.4 is 0 Å². The molecule has 1 fully saturated rings. The predicted molar refractivity (Wildman–Crippen MR) is 124 cm³/mol. The van der Waals surface area contributed by atoms with Gasteiger partial charge < -0.3 is 14.7 Å². The predicted octanol–water partition coefficient (Wildman–Crippen LogP) is 3.61. The minimum absolute atomic E-state index is 0.169. The van der Waals surface area contributed by atoms with Crippen LogP contribution in [0.5, 0.6) is 0 Å². The summed E-state index contributed by atoms with van der Waals surface area (Å²) in [7, 11) is 2.21. The molecule has 0 saturated carbocycles. The van der Waals surface area contributed by atoms with Crippen molar-refractivity contribution in [2.75, 3.05) is 52.9 Å². The first-order chi connectivity index (χ1) is 14.7. The quantitative estimate of drug-likeness (QED) is 0.644. The Morgan fingerprint density at radius 3 is 2.63 bits per heavy atom. The smallest absolute Gasteiger partial charge is 0.226 e. The Morgan fingerprint density at radius 1 is 1.07 bits per heavy atom. The van der Waals surface area contributed by atoms with Crippen LogP contribution in [0.4, 0.5) is 0 Å². The molecule has 2 aliphatic carbocycles. The molecule has 1 amide bonds. The number of piperazine rings is 1. The van der Waals surface area contributed by atoms with Crippen molar-refractivity contribution in [1.29, 1.82) is 0 Å². The van der Waals surface area contributed by atoms with E-state index in [0.29, 0.717) is 11.8 Å². The molecule has 1 aromatic carbocycles. The molecule has 3 aliphatic rings. The molecule has 0 spiro atoms. The molecule has 0 aromatic heterocycles. The normalized spacial score (nSPS) is 25.1. The van der Waals surface area contributed by atoms with Gasteiger partial charge in [0.25, 0.3) is 0 Å². The van der Waals surface area contributed by atoms with Crippen molar-refractivity contribution in [3.8, 4) is 0 Å². The van der Waals surface area contributed by atoms with E-state index in [1.165, 1.54) is 37.1 Å². The van der Waals surface area contributed by atoms with Crippen LogP contribution in [-0.2, 0) is 17.6 Å². The van der Waals surface area contributed by atoms with E-state index in [4.69, 9.17) is 0 Å². The number of carbonyl (C=O) groups excluding carboxylic acids is 1. The lowest BCUT2D eigenvalue weighted by Gasteiger charge is -2.35. The summed E-state index contributed by atoms with van der Waals surface area (Å²) < 4.78 is 0. The number of rotatable bonds is 7. The largest absolute Gasteiger partial charge is 0.342 e. The van der Waals surface area contributed by atoms with E-state index in [2.05, 4.69) is 58.2 Å². The van der Waals surface area contributed by atoms with Gasteiger partial charge in [0.05, 0.1) is 0 Å². The lowest BCUT2D eigenvalue weighted by Crippen LogP contribution is -2.46. The van der Waals surface area contributed by atoms with E-state index in [-0.39, 0.29) is 5.92 Å². The maximum Gasteiger partial charge on any atom is 0.226 e. The van der Waals surface area contributed by atoms with Crippen LogP contribution >= 0.6 is 0 Å². The molecule has 4 rings (SSSR count). The van der Waals surface area contributed by atoms with Crippen LogP contribution in [0.1, 0.15) is 43.2 Å². The van der Waals surface area contributed by atoms with Crippen LogP contribution in [0.2, 0.25) is 0 Å². The van der Waals surface area contributed by atoms with E-state index < -0.39 is 0 Å². The third-order valence-electron chi connectivity index (χ3n) is 7.36. The van der Waals surface area contributed by atoms with Crippen LogP contribution in [0, 0.1) is 11.8 Å². The molecule has 0 radical (unpaired) electrons. The monoisotopic (exact) mass is 409 g/mol. The maximum atomic E-state index is 13.6. The van der Waals surface area contributed by atoms with E-state index in [0.717, 1.165) is 64.8 Å². The molecule has 1 heterocycles. The fourth-order valence-corrected chi connectivity index (χ4v) is 5.35. The molecule has 164 valence electrons. The fourth-order valence-electron chi connectivity index (χ4n) is 5.35. The summed E-state index contributed by atoms with van der Waals surface area (Å²) in [6, 6.07) is 8.70. The lowest BCUT2D eigenvalue weighted by molar-refractivity contribution is -0.136. The molecular weight excluding hydrogens is 370 g/mol. The third kappa shape index (κ3) is 5.73. The molecule has 0 unspecified atom stereocenters. The summed E-state index contributed by atoms with van der Waals surface area (Å²) in [5, 5.41) is 0. The van der Waals surface area contributed by atoms with Gasteiger partial charge in [0, 0.05) is 45.2 Å². The van der Waals surface area contributed by atoms with Crippen LogP contribution in [0.25, 0.3) is 0 Å². The summed E-state index contributed by atoms with van der Waals surface area (Å²) in [4.78, 5) is 20.8. The van der Waals surface area contributed by atoms with E-state index in [1.54, 1.807) is 0 Å². The van der Waals surface area contributed by atoms with Gasteiger partial charge >= 0.3 is 0 Å². The molecule has 1 aliphatic heterocycles. The Balaban J connectivity index is 1.35. The van der Waals surface area contributed by atoms with Gasteiger partial charge in [-0.05, 0) is 75.6 Å². The van der Waals surface area contributed by atoms with Gasteiger partial charge in [0.15, 0.2) is 0 Å². The first-order valence-electron chi connectivity index (χ1n) is 12.1. The molecule has 1 aromatic rings. The molecule has 4 nitrogen and oxygen atoms in total. The highest BCUT2D eigenvalue weighted by atomic mass is 16.2. The average Bonchev–Trinajstić information content (AvgIpc) is 2.79. The Labute approximate surface area is 182 Å². The van der Waals surface area contributed by atoms with Gasteiger partial charge in [-0.2, -0.15) is 0 Å². The highest BCUT2D eigenvalue weighted by Gasteiger charge is 2.29. The van der Waals surface area contributed by atoms with E-state index in [9.17, 15) is 4.79 Å². The lowest BCUT2D eigenvalue weighted by atomic mass is 9.83. The zero-order valence-electron chi connectivity index (χ0n) is 18.8. The van der Waals surface area contributed by atoms with Crippen molar-refractivity contribution < 1.29 is 4.79 Å². The van der Waals surface area contributed by atoms with Crippen molar-refractivity contribution in [1.82, 2.24) is 14.7 Å². The van der Waals surface area contributed by atoms with Crippen LogP contribution in [-0.4, -0.2) is 73.5 Å². The second kappa shape index (κ2) is 10.6. The Kier molecular flexibility index (Phi) is 7.62. The number of hydrogen-bond acceptors (Lipinski definition) is 3. The molecular formula is C26H39N3O. The average molecular weight is 410 g/mol. The van der Waals surface area contributed by atoms with Crippen molar-refractivity contribution in [2.45, 2.75) is 44.9 Å². The summed E-state index contributed by atoms with van der Waals surface area (Å²) >= 11 is 0. The number of amides is 1. The Morgan fingerprint density at radius 2 is 1.87 bits per heavy atom. The first-order valence-corrected chi connectivity index (χ1v) is 12.1. The number of likely N-dealkylation sites (N-methyl/N-ethyl adjacent to an activating group) is 1. The Hall–Kier alpha value is -1.65. The highest BCUT2D eigenvalue weighted by molar-refractivity contribution is 5.79. The maximum absolute atomic E-state index is 13.6. The van der Waals surface area contributed by atoms with Crippen molar-refractivity contribution >= 4 is 5.91 Å². The van der Waals surface area contributed by atoms with Gasteiger partial charge in [0.1, 0.15) is 0 Å². The minimum atomic E-state index is 0.169. The molecule has 0 bridgehead atoms. The second-order valence-electron chi connectivity index (χ2n) is 9.64. The van der Waals surface area contributed by atoms with Crippen molar-refractivity contribution in [3.05, 3.63) is 47.5 Å². The van der Waals surface area contributed by atoms with E-state index in [1.807, 2.05) is 0 Å². The van der Waals surface area contributed by atoms with Gasteiger partial charge in [-0.25, -0.2) is 0 Å². The van der Waals surface area contributed by atoms with Crippen molar-refractivity contribution in [2.24, 2.45) is 11.8 Å². The molecule has 4 heteroatoms. The summed E-state index contributed by atoms with van der Waals surface area (Å²) in [5.74, 6) is 1.22. The number of benzene rings is 1. The standard InChI is InChI=1S/C26H39N3O/c1-27-16-18-28(19-17-27)14-7-15-29(21-22-8-3-2-4-9-22)26(30)25-13-12-23-10-5-6-11-24(23)20-25/h2-3,5-6,10-11,22,25H,4,7-9,12-21H2,1H3/t22-,25+/m0/s1. The van der Waals surface area contributed by atoms with Crippen LogP contribution in [0.3, 0.4) is 0 Å². The molecule has 2 atom stereocenters. The Bertz CT molecular complexity index is 723. The molecule has 30 heavy (non-hydrogen) atoms. The summed E-state index contributed by atoms with van der Waals surface area (Å²) in [6.45, 7) is 7.65. The number of hydrogen-bond donors (Lipinski definition) is 0. The third-order valence-corrected chi connectivity index (χ3v) is 7.36. The van der Waals surface area contributed by atoms with E-state index >= 15 is 0 Å². The van der Waals surface area contributed by atoms with Gasteiger partial charge in [-0.15, -0.1) is 0 Å². The SMILES string of the molecule is CN1CCN(CCCN(C[C@H]2CC=CCC2)C(=O)[C@@H]2CCc3ccccc3C2)CC1. The molecule has 0 N–H and O–H groups in total. The number of allylic oxidation sites excluding steroid dienone is 2. The zero-order valence-corrected chi connectivity index (χ0v) is 18.8. The van der Waals surface area contributed by atoms with Crippen molar-refractivity contribution in [3.63, 3.8) is 0 Å². The minimum Gasteiger partial charge on any atom is -0.342 e. The fraction of sp³-hybridized carbons (Fsp3) is 0.654. The number of aryl methyl sites for hydroxylation is 1. The number of fused-ring (bicyclic) bond motifs is 1. The number of nitrogens with zero attached hydrogens (tertiary/aromatic N) is 3. The van der Waals surface area contributed by atoms with Crippen LogP contribution in [0.15, 0.2) is 36.4 Å². The van der Waals surface area contributed by atoms with Gasteiger partial charge in [0.2, 0.25) is 5.91 Å². The number of carbonyl (C=O) groups is 1. The second-order valence-corrected chi connectivity index (χ2v) is 9.64. The topological polar surface area (TPSA) is 26.8 Å². The van der Waals surface area contributed by atoms with Gasteiger partial charge in [-0.3, -0.25) is 4.79 Å². The zero-order chi connectivity index (χ0) is 20.8. The van der Waals surface area contributed by atoms with Gasteiger partial charge in [-0.1, -0.05) is 36.4 Å².